The van der Waals surface area contributed by atoms with Crippen molar-refractivity contribution < 1.29 is 4.42 Å². The van der Waals surface area contributed by atoms with Gasteiger partial charge in [-0.3, -0.25) is 4.68 Å². The number of nitrogens with zero attached hydrogens (tertiary/aromatic N) is 3. The summed E-state index contributed by atoms with van der Waals surface area (Å²) < 4.78 is 6.86. The number of hydrogen-bond acceptors (Lipinski definition) is 4. The van der Waals surface area contributed by atoms with Crippen LogP contribution in [0.25, 0.3) is 0 Å². The highest BCUT2D eigenvalue weighted by Crippen LogP contribution is 1.99. The van der Waals surface area contributed by atoms with Crippen molar-refractivity contribution >= 4 is 0 Å². The molecule has 0 fully saturated rings. The van der Waals surface area contributed by atoms with Crippen LogP contribution < -0.4 is 5.32 Å². The fourth-order valence-corrected chi connectivity index (χ4v) is 1.20. The third-order valence-corrected chi connectivity index (χ3v) is 1.84. The average Bonchev–Trinajstić information content (AvgIpc) is 2.77. The maximum atomic E-state index is 5.17. The molecule has 0 amide bonds. The van der Waals surface area contributed by atoms with Crippen LogP contribution in [0.3, 0.4) is 0 Å². The molecule has 0 spiro atoms. The Morgan fingerprint density at radius 2 is 2.43 bits per heavy atom. The first-order valence-electron chi connectivity index (χ1n) is 4.43. The largest absolute Gasteiger partial charge is 0.468 e. The van der Waals surface area contributed by atoms with Crippen LogP contribution in [0.15, 0.2) is 29.0 Å². The van der Waals surface area contributed by atoms with E-state index in [1.165, 1.54) is 0 Å². The van der Waals surface area contributed by atoms with Crippen LogP contribution in [-0.2, 0) is 20.1 Å². The Hall–Kier alpha value is -1.62. The SMILES string of the molecule is Cn1cc(CNCc2ccco2)nn1. The molecule has 74 valence electrons. The minimum atomic E-state index is 0.703. The Morgan fingerprint density at radius 1 is 1.50 bits per heavy atom. The first kappa shape index (κ1) is 8.96. The van der Waals surface area contributed by atoms with E-state index >= 15 is 0 Å². The third-order valence-electron chi connectivity index (χ3n) is 1.84. The van der Waals surface area contributed by atoms with Gasteiger partial charge in [-0.05, 0) is 12.1 Å². The van der Waals surface area contributed by atoms with Crippen LogP contribution in [0.2, 0.25) is 0 Å². The Balaban J connectivity index is 1.78. The van der Waals surface area contributed by atoms with Gasteiger partial charge in [-0.1, -0.05) is 5.21 Å². The topological polar surface area (TPSA) is 55.9 Å². The summed E-state index contributed by atoms with van der Waals surface area (Å²) >= 11 is 0. The monoisotopic (exact) mass is 192 g/mol. The van der Waals surface area contributed by atoms with E-state index in [4.69, 9.17) is 4.42 Å². The number of rotatable bonds is 4. The molecule has 0 aromatic carbocycles. The molecular formula is C9H12N4O. The first-order chi connectivity index (χ1) is 6.84. The number of aromatic nitrogens is 3. The van der Waals surface area contributed by atoms with Crippen LogP contribution in [0, 0.1) is 0 Å². The van der Waals surface area contributed by atoms with Crippen molar-refractivity contribution in [1.82, 2.24) is 20.3 Å². The van der Waals surface area contributed by atoms with E-state index in [2.05, 4.69) is 15.6 Å². The van der Waals surface area contributed by atoms with E-state index < -0.39 is 0 Å². The van der Waals surface area contributed by atoms with Crippen LogP contribution in [0.5, 0.6) is 0 Å². The quantitative estimate of drug-likeness (QED) is 0.774. The first-order valence-corrected chi connectivity index (χ1v) is 4.43. The van der Waals surface area contributed by atoms with Crippen LogP contribution >= 0.6 is 0 Å². The van der Waals surface area contributed by atoms with Gasteiger partial charge >= 0.3 is 0 Å². The summed E-state index contributed by atoms with van der Waals surface area (Å²) in [6.45, 7) is 1.41. The predicted octanol–water partition coefficient (Wildman–Crippen LogP) is 0.698. The Morgan fingerprint density at radius 3 is 3.07 bits per heavy atom. The molecule has 0 saturated carbocycles. The van der Waals surface area contributed by atoms with Gasteiger partial charge in [-0.15, -0.1) is 5.10 Å². The molecule has 2 aromatic heterocycles. The minimum Gasteiger partial charge on any atom is -0.468 e. The van der Waals surface area contributed by atoms with Gasteiger partial charge in [0.1, 0.15) is 5.76 Å². The molecule has 0 aliphatic heterocycles. The summed E-state index contributed by atoms with van der Waals surface area (Å²) in [5, 5.41) is 11.0. The van der Waals surface area contributed by atoms with Crippen molar-refractivity contribution in [2.24, 2.45) is 7.05 Å². The lowest BCUT2D eigenvalue weighted by Crippen LogP contribution is -2.12. The summed E-state index contributed by atoms with van der Waals surface area (Å²) in [6, 6.07) is 3.81. The molecule has 0 atom stereocenters. The van der Waals surface area contributed by atoms with Crippen molar-refractivity contribution in [3.05, 3.63) is 36.0 Å². The zero-order valence-corrected chi connectivity index (χ0v) is 7.97. The average molecular weight is 192 g/mol. The molecule has 5 heteroatoms. The lowest BCUT2D eigenvalue weighted by Gasteiger charge is -1.97. The molecule has 14 heavy (non-hydrogen) atoms. The summed E-state index contributed by atoms with van der Waals surface area (Å²) in [7, 11) is 1.85. The highest BCUT2D eigenvalue weighted by Gasteiger charge is 1.98. The Kier molecular flexibility index (Phi) is 2.60. The van der Waals surface area contributed by atoms with Gasteiger partial charge in [0.25, 0.3) is 0 Å². The molecular weight excluding hydrogens is 180 g/mol. The van der Waals surface area contributed by atoms with E-state index in [-0.39, 0.29) is 0 Å². The molecule has 0 unspecified atom stereocenters. The smallest absolute Gasteiger partial charge is 0.117 e. The van der Waals surface area contributed by atoms with E-state index in [0.717, 1.165) is 11.5 Å². The van der Waals surface area contributed by atoms with Gasteiger partial charge in [-0.2, -0.15) is 0 Å². The Labute approximate surface area is 81.7 Å². The van der Waals surface area contributed by atoms with Crippen LogP contribution in [0.4, 0.5) is 0 Å². The molecule has 0 saturated heterocycles. The maximum absolute atomic E-state index is 5.17. The minimum absolute atomic E-state index is 0.703. The van der Waals surface area contributed by atoms with Gasteiger partial charge in [-0.25, -0.2) is 0 Å². The van der Waals surface area contributed by atoms with Crippen LogP contribution in [0.1, 0.15) is 11.5 Å². The van der Waals surface area contributed by atoms with E-state index in [9.17, 15) is 0 Å². The second-order valence-electron chi connectivity index (χ2n) is 3.07. The van der Waals surface area contributed by atoms with Gasteiger partial charge < -0.3 is 9.73 Å². The Bertz CT molecular complexity index is 379. The normalized spacial score (nSPS) is 10.6. The van der Waals surface area contributed by atoms with E-state index in [0.29, 0.717) is 13.1 Å². The van der Waals surface area contributed by atoms with Gasteiger partial charge in [0.15, 0.2) is 0 Å². The van der Waals surface area contributed by atoms with Gasteiger partial charge in [0, 0.05) is 19.8 Å². The van der Waals surface area contributed by atoms with Gasteiger partial charge in [0.05, 0.1) is 18.5 Å². The molecule has 0 aliphatic carbocycles. The second kappa shape index (κ2) is 4.06. The maximum Gasteiger partial charge on any atom is 0.117 e. The number of aryl methyl sites for hydroxylation is 1. The van der Waals surface area contributed by atoms with Crippen molar-refractivity contribution in [3.63, 3.8) is 0 Å². The van der Waals surface area contributed by atoms with E-state index in [1.54, 1.807) is 10.9 Å². The molecule has 2 heterocycles. The molecule has 0 bridgehead atoms. The molecule has 2 rings (SSSR count). The van der Waals surface area contributed by atoms with Crippen LogP contribution in [-0.4, -0.2) is 15.0 Å². The lowest BCUT2D eigenvalue weighted by molar-refractivity contribution is 0.481. The lowest BCUT2D eigenvalue weighted by atomic mass is 10.4. The number of hydrogen-bond donors (Lipinski definition) is 1. The van der Waals surface area contributed by atoms with E-state index in [1.807, 2.05) is 25.4 Å². The molecule has 5 nitrogen and oxygen atoms in total. The van der Waals surface area contributed by atoms with Crippen molar-refractivity contribution in [3.8, 4) is 0 Å². The van der Waals surface area contributed by atoms with Crippen molar-refractivity contribution in [2.45, 2.75) is 13.1 Å². The fraction of sp³-hybridized carbons (Fsp3) is 0.333. The summed E-state index contributed by atoms with van der Waals surface area (Å²) in [5.41, 5.74) is 0.930. The third kappa shape index (κ3) is 2.20. The predicted molar refractivity (Wildman–Crippen MR) is 50.3 cm³/mol. The standard InChI is InChI=1S/C9H12N4O/c1-13-7-8(11-12-13)5-10-6-9-3-2-4-14-9/h2-4,7,10H,5-6H2,1H3. The van der Waals surface area contributed by atoms with Gasteiger partial charge in [0.2, 0.25) is 0 Å². The highest BCUT2D eigenvalue weighted by molar-refractivity contribution is 4.98. The zero-order chi connectivity index (χ0) is 9.80. The van der Waals surface area contributed by atoms with Crippen molar-refractivity contribution in [1.29, 1.82) is 0 Å². The molecule has 2 aromatic rings. The van der Waals surface area contributed by atoms with Crippen molar-refractivity contribution in [2.75, 3.05) is 0 Å². The molecule has 0 radical (unpaired) electrons. The highest BCUT2D eigenvalue weighted by atomic mass is 16.3. The molecule has 0 aliphatic rings. The molecule has 1 N–H and O–H groups in total. The zero-order valence-electron chi connectivity index (χ0n) is 7.97. The summed E-state index contributed by atoms with van der Waals surface area (Å²) in [5.74, 6) is 0.925. The summed E-state index contributed by atoms with van der Waals surface area (Å²) in [6.07, 6.45) is 3.55. The number of nitrogens with one attached hydrogen (secondary N) is 1. The number of furan rings is 1. The fourth-order valence-electron chi connectivity index (χ4n) is 1.20. The summed E-state index contributed by atoms with van der Waals surface area (Å²) in [4.78, 5) is 0. The second-order valence-corrected chi connectivity index (χ2v) is 3.07.